The number of ether oxygens (including phenoxy) is 14. The molecule has 0 spiro atoms. The van der Waals surface area contributed by atoms with Gasteiger partial charge < -0.3 is 71.4 Å². The highest BCUT2D eigenvalue weighted by Crippen LogP contribution is 2.38. The van der Waals surface area contributed by atoms with Gasteiger partial charge in [-0.15, -0.1) is 0 Å². The van der Waals surface area contributed by atoms with Crippen LogP contribution in [0.1, 0.15) is 65.7 Å². The van der Waals surface area contributed by atoms with Crippen molar-refractivity contribution in [3.05, 3.63) is 0 Å². The number of rotatable bonds is 36. The van der Waals surface area contributed by atoms with E-state index in [9.17, 15) is 5.11 Å². The van der Waals surface area contributed by atoms with E-state index in [4.69, 9.17) is 66.3 Å². The van der Waals surface area contributed by atoms with Crippen molar-refractivity contribution >= 4 is 0 Å². The first-order chi connectivity index (χ1) is 28.3. The normalized spacial score (nSPS) is 35.2. The van der Waals surface area contributed by atoms with Crippen molar-refractivity contribution < 1.29 is 71.4 Å². The van der Waals surface area contributed by atoms with E-state index < -0.39 is 0 Å². The molecule has 0 aromatic heterocycles. The molecule has 2 aliphatic carbocycles. The molecule has 336 valence electrons. The summed E-state index contributed by atoms with van der Waals surface area (Å²) in [5, 5.41) is 9.67. The van der Waals surface area contributed by atoms with E-state index in [1.54, 1.807) is 0 Å². The smallest absolute Gasteiger partial charge is 0.104 e. The molecular weight excluding hydrogens is 756 g/mol. The van der Waals surface area contributed by atoms with Crippen LogP contribution in [-0.2, 0) is 66.3 Å². The number of hydrogen-bond donors (Lipinski definition) is 1. The van der Waals surface area contributed by atoms with Crippen LogP contribution in [0.2, 0.25) is 0 Å². The zero-order valence-corrected chi connectivity index (χ0v) is 35.5. The molecule has 0 amide bonds. The summed E-state index contributed by atoms with van der Waals surface area (Å²) in [5.74, 6) is 0.218. The first-order valence-electron chi connectivity index (χ1n) is 22.4. The van der Waals surface area contributed by atoms with Crippen molar-refractivity contribution in [2.24, 2.45) is 22.2 Å². The summed E-state index contributed by atoms with van der Waals surface area (Å²) in [4.78, 5) is 0. The second-order valence-corrected chi connectivity index (χ2v) is 18.4. The molecule has 58 heavy (non-hydrogen) atoms. The minimum absolute atomic E-state index is 0.0914. The van der Waals surface area contributed by atoms with Crippen molar-refractivity contribution in [3.63, 3.8) is 0 Å². The SMILES string of the molecule is CCC(COCC1CO1)(COCC1CO1)COC1CC(OCC(CC)(COCC2CO2)COCC2CO2)CC(OCC(CC)(COC[C@@H]2CO2)COC2CC2CO)C1. The fraction of sp³-hybridized carbons (Fsp3) is 1.00. The van der Waals surface area contributed by atoms with E-state index >= 15 is 0 Å². The summed E-state index contributed by atoms with van der Waals surface area (Å²) in [6.07, 6.45) is 6.38. The molecule has 5 aliphatic heterocycles. The molecular formula is C43H74O15. The standard InChI is InChI=1S/C43H74O15/c1-4-41(22-45-12-35-17-50-35,23-46-13-36-18-51-36)27-55-32-8-33(56-28-42(5-2,24-47-14-37-19-52-37)25-48-15-38-20-53-38)10-34(9-32)57-29-43(6-3,26-49-16-39-21-54-39)30-58-40-7-31(40)11-44/h31-40,44H,4-30H2,1-3H3/t31?,32?,33?,34?,35?,36?,37?,38?,39-,40?,41?,42?,43?/m1/s1. The maximum Gasteiger partial charge on any atom is 0.104 e. The summed E-state index contributed by atoms with van der Waals surface area (Å²) in [6, 6.07) is 0. The van der Waals surface area contributed by atoms with Gasteiger partial charge in [0.1, 0.15) is 30.5 Å². The average molecular weight is 831 g/mol. The summed E-state index contributed by atoms with van der Waals surface area (Å²) in [7, 11) is 0. The fourth-order valence-electron chi connectivity index (χ4n) is 7.51. The Hall–Kier alpha value is -0.600. The predicted octanol–water partition coefficient (Wildman–Crippen LogP) is 2.99. The van der Waals surface area contributed by atoms with Gasteiger partial charge in [0, 0.05) is 28.8 Å². The Morgan fingerprint density at radius 2 is 0.690 bits per heavy atom. The van der Waals surface area contributed by atoms with Crippen molar-refractivity contribution in [2.75, 3.05) is 132 Å². The van der Waals surface area contributed by atoms with E-state index in [1.807, 2.05) is 0 Å². The van der Waals surface area contributed by atoms with Gasteiger partial charge in [0.25, 0.3) is 0 Å². The van der Waals surface area contributed by atoms with Crippen LogP contribution in [0.5, 0.6) is 0 Å². The molecule has 5 heterocycles. The summed E-state index contributed by atoms with van der Waals surface area (Å²) >= 11 is 0. The molecule has 9 unspecified atom stereocenters. The first-order valence-corrected chi connectivity index (χ1v) is 22.4. The van der Waals surface area contributed by atoms with Crippen LogP contribution >= 0.6 is 0 Å². The molecule has 5 saturated heterocycles. The molecule has 10 atom stereocenters. The van der Waals surface area contributed by atoms with E-state index in [0.717, 1.165) is 78.0 Å². The second-order valence-electron chi connectivity index (χ2n) is 18.4. The van der Waals surface area contributed by atoms with Crippen LogP contribution in [0.3, 0.4) is 0 Å². The van der Waals surface area contributed by atoms with Crippen LogP contribution in [0.25, 0.3) is 0 Å². The highest BCUT2D eigenvalue weighted by Gasteiger charge is 2.43. The number of hydrogen-bond acceptors (Lipinski definition) is 15. The number of aliphatic hydroxyl groups is 1. The lowest BCUT2D eigenvalue weighted by molar-refractivity contribution is -0.159. The van der Waals surface area contributed by atoms with Gasteiger partial charge in [0.15, 0.2) is 0 Å². The van der Waals surface area contributed by atoms with Gasteiger partial charge in [0.2, 0.25) is 0 Å². The van der Waals surface area contributed by atoms with E-state index in [0.29, 0.717) is 92.5 Å². The Labute approximate surface area is 345 Å². The molecule has 0 radical (unpaired) electrons. The third kappa shape index (κ3) is 15.6. The van der Waals surface area contributed by atoms with Crippen molar-refractivity contribution in [3.8, 4) is 0 Å². The number of epoxide rings is 5. The zero-order chi connectivity index (χ0) is 40.3. The van der Waals surface area contributed by atoms with Crippen LogP contribution in [0.4, 0.5) is 0 Å². The van der Waals surface area contributed by atoms with Gasteiger partial charge in [-0.25, -0.2) is 0 Å². The fourth-order valence-corrected chi connectivity index (χ4v) is 7.51. The van der Waals surface area contributed by atoms with Crippen LogP contribution in [0.15, 0.2) is 0 Å². The Morgan fingerprint density at radius 3 is 0.931 bits per heavy atom. The van der Waals surface area contributed by atoms with Crippen LogP contribution < -0.4 is 0 Å². The molecule has 15 heteroatoms. The minimum Gasteiger partial charge on any atom is -0.396 e. The minimum atomic E-state index is -0.340. The van der Waals surface area contributed by atoms with Crippen LogP contribution in [-0.4, -0.2) is 192 Å². The second kappa shape index (κ2) is 22.2. The molecule has 0 aromatic carbocycles. The molecule has 7 rings (SSSR count). The first kappa shape index (κ1) is 45.4. The van der Waals surface area contributed by atoms with Crippen molar-refractivity contribution in [1.82, 2.24) is 0 Å². The molecule has 0 aromatic rings. The van der Waals surface area contributed by atoms with Gasteiger partial charge in [0.05, 0.1) is 150 Å². The summed E-state index contributed by atoms with van der Waals surface area (Å²) in [5.41, 5.74) is -0.973. The van der Waals surface area contributed by atoms with Crippen molar-refractivity contribution in [2.45, 2.75) is 121 Å². The van der Waals surface area contributed by atoms with Crippen LogP contribution in [0, 0.1) is 22.2 Å². The zero-order valence-electron chi connectivity index (χ0n) is 35.5. The summed E-state index contributed by atoms with van der Waals surface area (Å²) in [6.45, 7) is 18.0. The Morgan fingerprint density at radius 1 is 0.414 bits per heavy atom. The molecule has 0 bridgehead atoms. The van der Waals surface area contributed by atoms with Gasteiger partial charge in [-0.1, -0.05) is 20.8 Å². The average Bonchev–Trinajstić information content (AvgIpc) is 4.01. The molecule has 7 fully saturated rings. The molecule has 7 aliphatic rings. The Kier molecular flexibility index (Phi) is 17.3. The Balaban J connectivity index is 1.01. The quantitative estimate of drug-likeness (QED) is 0.0916. The predicted molar refractivity (Wildman–Crippen MR) is 209 cm³/mol. The van der Waals surface area contributed by atoms with Gasteiger partial charge >= 0.3 is 0 Å². The van der Waals surface area contributed by atoms with E-state index in [-0.39, 0.29) is 83.7 Å². The maximum absolute atomic E-state index is 9.67. The van der Waals surface area contributed by atoms with Gasteiger partial charge in [-0.2, -0.15) is 0 Å². The Bertz CT molecular complexity index is 1080. The highest BCUT2D eigenvalue weighted by molar-refractivity contribution is 4.91. The molecule has 2 saturated carbocycles. The molecule has 1 N–H and O–H groups in total. The third-order valence-corrected chi connectivity index (χ3v) is 13.0. The van der Waals surface area contributed by atoms with Gasteiger partial charge in [-0.3, -0.25) is 0 Å². The number of aliphatic hydroxyl groups excluding tert-OH is 1. The lowest BCUT2D eigenvalue weighted by Crippen LogP contribution is -2.45. The lowest BCUT2D eigenvalue weighted by atomic mass is 9.86. The topological polar surface area (TPSA) is 166 Å². The van der Waals surface area contributed by atoms with Crippen molar-refractivity contribution in [1.29, 1.82) is 0 Å². The largest absolute Gasteiger partial charge is 0.396 e. The summed E-state index contributed by atoms with van der Waals surface area (Å²) < 4.78 is 85.3. The lowest BCUT2D eigenvalue weighted by Gasteiger charge is -2.41. The monoisotopic (exact) mass is 831 g/mol. The highest BCUT2D eigenvalue weighted by atomic mass is 16.6. The molecule has 15 nitrogen and oxygen atoms in total. The van der Waals surface area contributed by atoms with Gasteiger partial charge in [-0.05, 0) is 44.9 Å². The van der Waals surface area contributed by atoms with E-state index in [2.05, 4.69) is 20.8 Å². The maximum atomic E-state index is 9.67. The van der Waals surface area contributed by atoms with E-state index in [1.165, 1.54) is 0 Å². The third-order valence-electron chi connectivity index (χ3n) is 13.0.